The lowest BCUT2D eigenvalue weighted by atomic mass is 10.2. The first-order chi connectivity index (χ1) is 10.8. The molecule has 1 atom stereocenters. The van der Waals surface area contributed by atoms with Crippen molar-refractivity contribution in [2.24, 2.45) is 4.99 Å². The van der Waals surface area contributed by atoms with Crippen LogP contribution in [0.4, 0.5) is 0 Å². The Morgan fingerprint density at radius 1 is 1.41 bits per heavy atom. The van der Waals surface area contributed by atoms with Crippen LogP contribution in [-0.4, -0.2) is 53.1 Å². The average Bonchev–Trinajstić information content (AvgIpc) is 3.20. The van der Waals surface area contributed by atoms with Crippen LogP contribution in [-0.2, 0) is 17.7 Å². The number of ether oxygens (including phenoxy) is 1. The summed E-state index contributed by atoms with van der Waals surface area (Å²) in [6, 6.07) is 0. The maximum absolute atomic E-state index is 5.62. The van der Waals surface area contributed by atoms with Gasteiger partial charge in [0.05, 0.1) is 12.6 Å². The third-order valence-corrected chi connectivity index (χ3v) is 3.68. The number of aromatic nitrogens is 3. The molecule has 0 radical (unpaired) electrons. The molecule has 2 rings (SSSR count). The van der Waals surface area contributed by atoms with Crippen molar-refractivity contribution in [1.29, 1.82) is 0 Å². The molecule has 0 spiro atoms. The Morgan fingerprint density at radius 2 is 2.27 bits per heavy atom. The van der Waals surface area contributed by atoms with E-state index >= 15 is 0 Å². The van der Waals surface area contributed by atoms with Crippen molar-refractivity contribution in [2.45, 2.75) is 52.2 Å². The molecule has 1 aliphatic rings. The average molecular weight is 308 g/mol. The second-order valence-electron chi connectivity index (χ2n) is 5.47. The number of nitrogens with one attached hydrogen (secondary N) is 2. The molecule has 1 saturated heterocycles. The van der Waals surface area contributed by atoms with Crippen LogP contribution in [0.5, 0.6) is 0 Å². The van der Waals surface area contributed by atoms with Gasteiger partial charge >= 0.3 is 0 Å². The van der Waals surface area contributed by atoms with E-state index in [0.29, 0.717) is 0 Å². The molecule has 0 saturated carbocycles. The fourth-order valence-electron chi connectivity index (χ4n) is 2.43. The quantitative estimate of drug-likeness (QED) is 0.553. The van der Waals surface area contributed by atoms with Crippen molar-refractivity contribution in [3.63, 3.8) is 0 Å². The second-order valence-corrected chi connectivity index (χ2v) is 5.47. The van der Waals surface area contributed by atoms with Gasteiger partial charge in [0.1, 0.15) is 12.2 Å². The van der Waals surface area contributed by atoms with Gasteiger partial charge in [-0.3, -0.25) is 4.99 Å². The molecule has 0 bridgehead atoms. The molecule has 1 fully saturated rings. The lowest BCUT2D eigenvalue weighted by Crippen LogP contribution is -2.40. The third kappa shape index (κ3) is 5.29. The Morgan fingerprint density at radius 3 is 3.00 bits per heavy atom. The van der Waals surface area contributed by atoms with Gasteiger partial charge in [0.25, 0.3) is 0 Å². The fraction of sp³-hybridized carbons (Fsp3) is 0.800. The number of hydrogen-bond donors (Lipinski definition) is 2. The van der Waals surface area contributed by atoms with Gasteiger partial charge in [-0.25, -0.2) is 0 Å². The van der Waals surface area contributed by atoms with Gasteiger partial charge in [0.15, 0.2) is 5.96 Å². The van der Waals surface area contributed by atoms with E-state index in [-0.39, 0.29) is 6.10 Å². The highest BCUT2D eigenvalue weighted by Gasteiger charge is 2.14. The highest BCUT2D eigenvalue weighted by Crippen LogP contribution is 2.11. The predicted octanol–water partition coefficient (Wildman–Crippen LogP) is 0.965. The van der Waals surface area contributed by atoms with E-state index < -0.39 is 0 Å². The molecule has 1 aromatic rings. The molecule has 0 amide bonds. The van der Waals surface area contributed by atoms with Crippen molar-refractivity contribution < 1.29 is 4.74 Å². The SMILES string of the molecule is CCCNC(=NCC1CCCO1)NCCn1cnnc1CC. The number of rotatable bonds is 8. The summed E-state index contributed by atoms with van der Waals surface area (Å²) in [4.78, 5) is 4.63. The van der Waals surface area contributed by atoms with Gasteiger partial charge in [-0.05, 0) is 19.3 Å². The van der Waals surface area contributed by atoms with E-state index in [2.05, 4.69) is 44.2 Å². The van der Waals surface area contributed by atoms with Gasteiger partial charge < -0.3 is 19.9 Å². The highest BCUT2D eigenvalue weighted by atomic mass is 16.5. The molecule has 22 heavy (non-hydrogen) atoms. The monoisotopic (exact) mass is 308 g/mol. The van der Waals surface area contributed by atoms with Crippen LogP contribution in [0.1, 0.15) is 38.9 Å². The smallest absolute Gasteiger partial charge is 0.191 e. The van der Waals surface area contributed by atoms with Gasteiger partial charge in [-0.1, -0.05) is 13.8 Å². The van der Waals surface area contributed by atoms with Crippen LogP contribution in [0.2, 0.25) is 0 Å². The van der Waals surface area contributed by atoms with Crippen LogP contribution in [0, 0.1) is 0 Å². The van der Waals surface area contributed by atoms with Crippen LogP contribution in [0.3, 0.4) is 0 Å². The molecule has 1 aromatic heterocycles. The summed E-state index contributed by atoms with van der Waals surface area (Å²) in [7, 11) is 0. The fourth-order valence-corrected chi connectivity index (χ4v) is 2.43. The van der Waals surface area contributed by atoms with E-state index in [1.54, 1.807) is 6.33 Å². The molecule has 124 valence electrons. The Labute approximate surface area is 132 Å². The first kappa shape index (κ1) is 16.7. The van der Waals surface area contributed by atoms with Gasteiger partial charge in [0, 0.05) is 32.7 Å². The van der Waals surface area contributed by atoms with Crippen LogP contribution >= 0.6 is 0 Å². The molecule has 7 nitrogen and oxygen atoms in total. The first-order valence-corrected chi connectivity index (χ1v) is 8.34. The summed E-state index contributed by atoms with van der Waals surface area (Å²) in [6.07, 6.45) is 6.30. The Balaban J connectivity index is 1.79. The maximum Gasteiger partial charge on any atom is 0.191 e. The van der Waals surface area contributed by atoms with Gasteiger partial charge in [-0.2, -0.15) is 0 Å². The molecule has 1 unspecified atom stereocenters. The number of aliphatic imine (C=N–C) groups is 1. The van der Waals surface area contributed by atoms with Crippen molar-refractivity contribution in [3.05, 3.63) is 12.2 Å². The lowest BCUT2D eigenvalue weighted by molar-refractivity contribution is 0.117. The minimum atomic E-state index is 0.282. The zero-order valence-corrected chi connectivity index (χ0v) is 13.7. The number of guanidine groups is 1. The normalized spacial score (nSPS) is 18.6. The van der Waals surface area contributed by atoms with Crippen molar-refractivity contribution >= 4 is 5.96 Å². The van der Waals surface area contributed by atoms with Crippen LogP contribution < -0.4 is 10.6 Å². The predicted molar refractivity (Wildman–Crippen MR) is 87.0 cm³/mol. The standard InChI is InChI=1S/C15H28N6O/c1-3-7-16-15(18-11-13-6-5-10-22-13)17-8-9-21-12-19-20-14(21)4-2/h12-13H,3-11H2,1-2H3,(H2,16,17,18). The van der Waals surface area contributed by atoms with Crippen molar-refractivity contribution in [1.82, 2.24) is 25.4 Å². The van der Waals surface area contributed by atoms with Crippen molar-refractivity contribution in [3.8, 4) is 0 Å². The highest BCUT2D eigenvalue weighted by molar-refractivity contribution is 5.79. The summed E-state index contributed by atoms with van der Waals surface area (Å²) in [5.74, 6) is 1.88. The van der Waals surface area contributed by atoms with E-state index in [4.69, 9.17) is 4.74 Å². The van der Waals surface area contributed by atoms with Crippen LogP contribution in [0.15, 0.2) is 11.3 Å². The number of hydrogen-bond acceptors (Lipinski definition) is 4. The lowest BCUT2D eigenvalue weighted by Gasteiger charge is -2.14. The molecule has 7 heteroatoms. The number of nitrogens with zero attached hydrogens (tertiary/aromatic N) is 4. The molecule has 1 aliphatic heterocycles. The topological polar surface area (TPSA) is 76.4 Å². The summed E-state index contributed by atoms with van der Waals surface area (Å²) < 4.78 is 7.69. The zero-order valence-electron chi connectivity index (χ0n) is 13.7. The van der Waals surface area contributed by atoms with E-state index in [1.165, 1.54) is 0 Å². The van der Waals surface area contributed by atoms with E-state index in [9.17, 15) is 0 Å². The Bertz CT molecular complexity index is 453. The summed E-state index contributed by atoms with van der Waals surface area (Å²) in [5.41, 5.74) is 0. The maximum atomic E-state index is 5.62. The second kappa shape index (κ2) is 9.40. The minimum absolute atomic E-state index is 0.282. The molecular formula is C15H28N6O. The zero-order chi connectivity index (χ0) is 15.6. The van der Waals surface area contributed by atoms with Crippen LogP contribution in [0.25, 0.3) is 0 Å². The summed E-state index contributed by atoms with van der Waals surface area (Å²) in [6.45, 7) is 8.39. The minimum Gasteiger partial charge on any atom is -0.376 e. The molecule has 2 heterocycles. The number of aryl methyl sites for hydroxylation is 1. The third-order valence-electron chi connectivity index (χ3n) is 3.68. The molecule has 0 aromatic carbocycles. The van der Waals surface area contributed by atoms with E-state index in [0.717, 1.165) is 70.3 Å². The molecule has 0 aliphatic carbocycles. The van der Waals surface area contributed by atoms with Crippen molar-refractivity contribution in [2.75, 3.05) is 26.2 Å². The molecular weight excluding hydrogens is 280 g/mol. The van der Waals surface area contributed by atoms with Gasteiger partial charge in [-0.15, -0.1) is 10.2 Å². The first-order valence-electron chi connectivity index (χ1n) is 8.34. The molecule has 2 N–H and O–H groups in total. The summed E-state index contributed by atoms with van der Waals surface area (Å²) in [5, 5.41) is 14.8. The van der Waals surface area contributed by atoms with E-state index in [1.807, 2.05) is 0 Å². The van der Waals surface area contributed by atoms with Gasteiger partial charge in [0.2, 0.25) is 0 Å². The Hall–Kier alpha value is -1.63. The summed E-state index contributed by atoms with van der Waals surface area (Å²) >= 11 is 0. The Kier molecular flexibility index (Phi) is 7.15. The largest absolute Gasteiger partial charge is 0.376 e.